The summed E-state index contributed by atoms with van der Waals surface area (Å²) < 4.78 is 10.7. The topological polar surface area (TPSA) is 60.5 Å². The van der Waals surface area contributed by atoms with E-state index >= 15 is 0 Å². The van der Waals surface area contributed by atoms with E-state index in [0.717, 1.165) is 34.9 Å². The van der Waals surface area contributed by atoms with Crippen LogP contribution in [0.2, 0.25) is 0 Å². The number of hydrogen-bond acceptors (Lipinski definition) is 4. The van der Waals surface area contributed by atoms with Crippen LogP contribution in [-0.2, 0) is 11.3 Å². The number of carbonyl (C=O) groups excluding carboxylic acids is 1. The van der Waals surface area contributed by atoms with Gasteiger partial charge in [0.15, 0.2) is 0 Å². The number of carbonyl (C=O) groups is 1. The summed E-state index contributed by atoms with van der Waals surface area (Å²) in [5, 5.41) is 2.98. The van der Waals surface area contributed by atoms with Crippen LogP contribution in [0.15, 0.2) is 36.4 Å². The molecular weight excluding hydrogens is 304 g/mol. The smallest absolute Gasteiger partial charge is 0.224 e. The van der Waals surface area contributed by atoms with E-state index in [0.29, 0.717) is 6.54 Å². The minimum absolute atomic E-state index is 0.0178. The van der Waals surface area contributed by atoms with Gasteiger partial charge in [0.05, 0.1) is 26.5 Å². The third-order valence-corrected chi connectivity index (χ3v) is 4.35. The Morgan fingerprint density at radius 1 is 1.25 bits per heavy atom. The Balaban J connectivity index is 1.63. The van der Waals surface area contributed by atoms with Gasteiger partial charge in [-0.05, 0) is 43.7 Å². The SMILES string of the molecule is COc1ccc(OC)c(C2CC2C(=O)NCc2cccc(C)n2)c1. The van der Waals surface area contributed by atoms with Crippen LogP contribution in [0.3, 0.4) is 0 Å². The molecule has 1 aliphatic carbocycles. The van der Waals surface area contributed by atoms with Gasteiger partial charge in [-0.15, -0.1) is 0 Å². The van der Waals surface area contributed by atoms with Crippen LogP contribution in [0.4, 0.5) is 0 Å². The molecule has 0 saturated heterocycles. The van der Waals surface area contributed by atoms with Gasteiger partial charge in [0, 0.05) is 23.1 Å². The van der Waals surface area contributed by atoms with Crippen molar-refractivity contribution in [2.45, 2.75) is 25.8 Å². The van der Waals surface area contributed by atoms with E-state index < -0.39 is 0 Å². The molecule has 1 saturated carbocycles. The van der Waals surface area contributed by atoms with E-state index in [-0.39, 0.29) is 17.7 Å². The lowest BCUT2D eigenvalue weighted by Crippen LogP contribution is -2.25. The normalized spacial score (nSPS) is 18.8. The van der Waals surface area contributed by atoms with Crippen LogP contribution in [0.1, 0.15) is 29.3 Å². The highest BCUT2D eigenvalue weighted by atomic mass is 16.5. The second-order valence-electron chi connectivity index (χ2n) is 6.04. The molecule has 1 fully saturated rings. The van der Waals surface area contributed by atoms with Crippen LogP contribution in [0, 0.1) is 12.8 Å². The van der Waals surface area contributed by atoms with Crippen molar-refractivity contribution >= 4 is 5.91 Å². The Morgan fingerprint density at radius 2 is 2.08 bits per heavy atom. The lowest BCUT2D eigenvalue weighted by molar-refractivity contribution is -0.122. The maximum atomic E-state index is 12.4. The highest BCUT2D eigenvalue weighted by Gasteiger charge is 2.45. The molecule has 5 heteroatoms. The van der Waals surface area contributed by atoms with Crippen molar-refractivity contribution in [1.29, 1.82) is 0 Å². The number of rotatable bonds is 6. The number of pyridine rings is 1. The van der Waals surface area contributed by atoms with Gasteiger partial charge >= 0.3 is 0 Å². The summed E-state index contributed by atoms with van der Waals surface area (Å²) in [7, 11) is 3.28. The van der Waals surface area contributed by atoms with Crippen molar-refractivity contribution in [2.24, 2.45) is 5.92 Å². The standard InChI is InChI=1S/C19H22N2O3/c1-12-5-4-6-13(21-12)11-20-19(22)17-10-15(17)16-9-14(23-2)7-8-18(16)24-3/h4-9,15,17H,10-11H2,1-3H3,(H,20,22). The predicted molar refractivity (Wildman–Crippen MR) is 91.2 cm³/mol. The summed E-state index contributed by atoms with van der Waals surface area (Å²) in [5.41, 5.74) is 2.86. The molecule has 0 aliphatic heterocycles. The maximum Gasteiger partial charge on any atom is 0.224 e. The van der Waals surface area contributed by atoms with Crippen LogP contribution in [0.5, 0.6) is 11.5 Å². The van der Waals surface area contributed by atoms with E-state index in [1.807, 2.05) is 43.3 Å². The van der Waals surface area contributed by atoms with E-state index in [1.165, 1.54) is 0 Å². The third kappa shape index (κ3) is 3.50. The van der Waals surface area contributed by atoms with Crippen molar-refractivity contribution in [1.82, 2.24) is 10.3 Å². The lowest BCUT2D eigenvalue weighted by Gasteiger charge is -2.10. The average molecular weight is 326 g/mol. The summed E-state index contributed by atoms with van der Waals surface area (Å²) in [4.78, 5) is 16.8. The molecule has 3 rings (SSSR count). The fourth-order valence-corrected chi connectivity index (χ4v) is 2.96. The number of nitrogens with one attached hydrogen (secondary N) is 1. The highest BCUT2D eigenvalue weighted by molar-refractivity contribution is 5.83. The quantitative estimate of drug-likeness (QED) is 0.887. The van der Waals surface area contributed by atoms with Gasteiger partial charge in [-0.3, -0.25) is 9.78 Å². The first-order valence-corrected chi connectivity index (χ1v) is 8.04. The third-order valence-electron chi connectivity index (χ3n) is 4.35. The molecular formula is C19H22N2O3. The lowest BCUT2D eigenvalue weighted by atomic mass is 10.1. The van der Waals surface area contributed by atoms with Crippen LogP contribution in [0.25, 0.3) is 0 Å². The first kappa shape index (κ1) is 16.3. The zero-order valence-corrected chi connectivity index (χ0v) is 14.2. The van der Waals surface area contributed by atoms with Crippen molar-refractivity contribution in [3.63, 3.8) is 0 Å². The van der Waals surface area contributed by atoms with Gasteiger partial charge in [-0.25, -0.2) is 0 Å². The van der Waals surface area contributed by atoms with Crippen molar-refractivity contribution in [3.8, 4) is 11.5 Å². The number of ether oxygens (including phenoxy) is 2. The van der Waals surface area contributed by atoms with E-state index in [2.05, 4.69) is 10.3 Å². The van der Waals surface area contributed by atoms with Crippen LogP contribution in [-0.4, -0.2) is 25.1 Å². The van der Waals surface area contributed by atoms with Gasteiger partial charge in [0.25, 0.3) is 0 Å². The number of methoxy groups -OCH3 is 2. The molecule has 1 aromatic heterocycles. The number of amides is 1. The second-order valence-corrected chi connectivity index (χ2v) is 6.04. The first-order valence-electron chi connectivity index (χ1n) is 8.04. The molecule has 24 heavy (non-hydrogen) atoms. The van der Waals surface area contributed by atoms with Gasteiger partial charge in [-0.2, -0.15) is 0 Å². The zero-order chi connectivity index (χ0) is 17.1. The number of aryl methyl sites for hydroxylation is 1. The number of aromatic nitrogens is 1. The zero-order valence-electron chi connectivity index (χ0n) is 14.2. The van der Waals surface area contributed by atoms with Gasteiger partial charge < -0.3 is 14.8 Å². The number of benzene rings is 1. The number of hydrogen-bond donors (Lipinski definition) is 1. The monoisotopic (exact) mass is 326 g/mol. The molecule has 0 radical (unpaired) electrons. The largest absolute Gasteiger partial charge is 0.497 e. The Kier molecular flexibility index (Phi) is 4.69. The summed E-state index contributed by atoms with van der Waals surface area (Å²) in [6.45, 7) is 2.40. The molecule has 0 bridgehead atoms. The summed E-state index contributed by atoms with van der Waals surface area (Å²) in [6.07, 6.45) is 0.830. The molecule has 126 valence electrons. The van der Waals surface area contributed by atoms with Crippen molar-refractivity contribution < 1.29 is 14.3 Å². The molecule has 2 unspecified atom stereocenters. The van der Waals surface area contributed by atoms with Crippen LogP contribution < -0.4 is 14.8 Å². The number of nitrogens with zero attached hydrogens (tertiary/aromatic N) is 1. The molecule has 1 heterocycles. The molecule has 5 nitrogen and oxygen atoms in total. The molecule has 0 spiro atoms. The summed E-state index contributed by atoms with van der Waals surface area (Å²) >= 11 is 0. The predicted octanol–water partition coefficient (Wildman–Crippen LogP) is 2.83. The van der Waals surface area contributed by atoms with E-state index in [4.69, 9.17) is 9.47 Å². The second kappa shape index (κ2) is 6.91. The molecule has 1 amide bonds. The Hall–Kier alpha value is -2.56. The van der Waals surface area contributed by atoms with Gasteiger partial charge in [0.1, 0.15) is 11.5 Å². The van der Waals surface area contributed by atoms with E-state index in [9.17, 15) is 4.79 Å². The minimum Gasteiger partial charge on any atom is -0.497 e. The van der Waals surface area contributed by atoms with Gasteiger partial charge in [0.2, 0.25) is 5.91 Å². The van der Waals surface area contributed by atoms with E-state index in [1.54, 1.807) is 14.2 Å². The fourth-order valence-electron chi connectivity index (χ4n) is 2.96. The summed E-state index contributed by atoms with van der Waals surface area (Å²) in [5.74, 6) is 1.81. The molecule has 1 aromatic carbocycles. The molecule has 2 aromatic rings. The summed E-state index contributed by atoms with van der Waals surface area (Å²) in [6, 6.07) is 11.5. The minimum atomic E-state index is -0.0178. The highest BCUT2D eigenvalue weighted by Crippen LogP contribution is 2.51. The average Bonchev–Trinajstić information content (AvgIpc) is 3.40. The first-order chi connectivity index (χ1) is 11.6. The fraction of sp³-hybridized carbons (Fsp3) is 0.368. The van der Waals surface area contributed by atoms with Crippen molar-refractivity contribution in [2.75, 3.05) is 14.2 Å². The molecule has 1 N–H and O–H groups in total. The van der Waals surface area contributed by atoms with Crippen molar-refractivity contribution in [3.05, 3.63) is 53.3 Å². The Bertz CT molecular complexity index is 745. The van der Waals surface area contributed by atoms with Gasteiger partial charge in [-0.1, -0.05) is 6.07 Å². The molecule has 1 aliphatic rings. The molecule has 2 atom stereocenters. The maximum absolute atomic E-state index is 12.4. The van der Waals surface area contributed by atoms with Crippen LogP contribution >= 0.6 is 0 Å². The Labute approximate surface area is 142 Å². The Morgan fingerprint density at radius 3 is 2.79 bits per heavy atom.